The molecule has 29 heavy (non-hydrogen) atoms. The molecule has 2 aromatic carbocycles. The molecule has 0 fully saturated rings. The highest BCUT2D eigenvalue weighted by Gasteiger charge is 2.50. The molecule has 2 aromatic rings. The molecule has 0 spiro atoms. The maximum absolute atomic E-state index is 12.6. The molecule has 0 aliphatic carbocycles. The van der Waals surface area contributed by atoms with Gasteiger partial charge in [-0.2, -0.15) is 0 Å². The summed E-state index contributed by atoms with van der Waals surface area (Å²) in [6.07, 6.45) is 5.77. The molecule has 1 N–H and O–H groups in total. The van der Waals surface area contributed by atoms with Gasteiger partial charge in [-0.3, -0.25) is 0 Å². The molecular weight excluding hydrogens is 394 g/mol. The van der Waals surface area contributed by atoms with Crippen molar-refractivity contribution in [2.24, 2.45) is 0 Å². The van der Waals surface area contributed by atoms with E-state index in [1.807, 2.05) is 32.9 Å². The maximum atomic E-state index is 12.6. The van der Waals surface area contributed by atoms with Crippen LogP contribution in [0.2, 0.25) is 5.04 Å². The molecule has 0 saturated heterocycles. The molecule has 1 unspecified atom stereocenters. The van der Waals surface area contributed by atoms with Gasteiger partial charge in [0.15, 0.2) is 0 Å². The van der Waals surface area contributed by atoms with E-state index in [-0.39, 0.29) is 5.04 Å². The van der Waals surface area contributed by atoms with E-state index in [4.69, 9.17) is 10.8 Å². The fourth-order valence-corrected chi connectivity index (χ4v) is 8.71. The summed E-state index contributed by atoms with van der Waals surface area (Å²) in [4.78, 5) is 0. The Kier molecular flexibility index (Phi) is 7.64. The second-order valence-corrected chi connectivity index (χ2v) is 15.5. The van der Waals surface area contributed by atoms with Gasteiger partial charge in [-0.1, -0.05) is 87.4 Å². The van der Waals surface area contributed by atoms with Gasteiger partial charge < -0.3 is 4.43 Å². The van der Waals surface area contributed by atoms with E-state index in [9.17, 15) is 4.21 Å². The molecule has 0 saturated carbocycles. The molecule has 2 rings (SSSR count). The molecule has 2 atom stereocenters. The normalized spacial score (nSPS) is 14.8. The SMILES string of the molecule is C#C[C@@H](CO[Si](c1ccccc1)(c1ccccc1)C(C)(C)C)NS(=O)C(C)(C)C. The minimum absolute atomic E-state index is 0.127. The van der Waals surface area contributed by atoms with Gasteiger partial charge >= 0.3 is 0 Å². The Bertz CT molecular complexity index is 809. The molecule has 0 aliphatic rings. The topological polar surface area (TPSA) is 38.3 Å². The lowest BCUT2D eigenvalue weighted by Crippen LogP contribution is -2.67. The van der Waals surface area contributed by atoms with Crippen LogP contribution in [-0.2, 0) is 15.4 Å². The van der Waals surface area contributed by atoms with Crippen molar-refractivity contribution in [1.29, 1.82) is 0 Å². The van der Waals surface area contributed by atoms with E-state index in [1.165, 1.54) is 10.4 Å². The lowest BCUT2D eigenvalue weighted by atomic mass is 10.2. The Hall–Kier alpha value is -1.71. The standard InChI is InChI=1S/C24H33NO2SSi/c1-8-20(25-28(26)23(2,3)4)19-27-29(24(5,6)7,21-15-11-9-12-16-21)22-17-13-10-14-18-22/h1,9-18,20,25H,19H2,2-7H3/t20-,28?/m0/s1. The van der Waals surface area contributed by atoms with E-state index < -0.39 is 30.1 Å². The van der Waals surface area contributed by atoms with E-state index in [1.54, 1.807) is 0 Å². The van der Waals surface area contributed by atoms with Crippen LogP contribution >= 0.6 is 0 Å². The average molecular weight is 428 g/mol. The monoisotopic (exact) mass is 427 g/mol. The zero-order valence-corrected chi connectivity index (χ0v) is 20.2. The van der Waals surface area contributed by atoms with Crippen LogP contribution in [0, 0.1) is 12.3 Å². The Balaban J connectivity index is 2.46. The summed E-state index contributed by atoms with van der Waals surface area (Å²) >= 11 is 0. The third-order valence-electron chi connectivity index (χ3n) is 4.89. The highest BCUT2D eigenvalue weighted by atomic mass is 32.2. The van der Waals surface area contributed by atoms with Crippen LogP contribution in [0.15, 0.2) is 60.7 Å². The molecule has 0 aliphatic heterocycles. The van der Waals surface area contributed by atoms with Crippen LogP contribution in [0.25, 0.3) is 0 Å². The molecule has 156 valence electrons. The van der Waals surface area contributed by atoms with Gasteiger partial charge in [-0.15, -0.1) is 6.42 Å². The Morgan fingerprint density at radius 3 is 1.76 bits per heavy atom. The first-order chi connectivity index (χ1) is 13.5. The van der Waals surface area contributed by atoms with Crippen LogP contribution in [-0.4, -0.2) is 29.9 Å². The van der Waals surface area contributed by atoms with Crippen LogP contribution in [0.3, 0.4) is 0 Å². The fraction of sp³-hybridized carbons (Fsp3) is 0.417. The van der Waals surface area contributed by atoms with Gasteiger partial charge in [-0.05, 0) is 36.2 Å². The zero-order chi connectivity index (χ0) is 21.7. The molecule has 5 heteroatoms. The van der Waals surface area contributed by atoms with Crippen molar-refractivity contribution in [2.45, 2.75) is 57.4 Å². The van der Waals surface area contributed by atoms with Crippen molar-refractivity contribution in [3.8, 4) is 12.3 Å². The smallest absolute Gasteiger partial charge is 0.261 e. The maximum Gasteiger partial charge on any atom is 0.261 e. The van der Waals surface area contributed by atoms with Crippen molar-refractivity contribution in [3.63, 3.8) is 0 Å². The zero-order valence-electron chi connectivity index (χ0n) is 18.4. The van der Waals surface area contributed by atoms with E-state index >= 15 is 0 Å². The second-order valence-electron chi connectivity index (χ2n) is 9.19. The lowest BCUT2D eigenvalue weighted by molar-refractivity contribution is 0.285. The summed E-state index contributed by atoms with van der Waals surface area (Å²) in [5.41, 5.74) is 0. The van der Waals surface area contributed by atoms with Crippen molar-refractivity contribution in [1.82, 2.24) is 4.72 Å². The number of terminal acetylenes is 1. The number of benzene rings is 2. The van der Waals surface area contributed by atoms with Gasteiger partial charge in [-0.25, -0.2) is 8.93 Å². The van der Waals surface area contributed by atoms with Crippen molar-refractivity contribution in [2.75, 3.05) is 6.61 Å². The predicted octanol–water partition coefficient (Wildman–Crippen LogP) is 3.62. The Morgan fingerprint density at radius 1 is 0.966 bits per heavy atom. The molecule has 0 aromatic heterocycles. The van der Waals surface area contributed by atoms with Crippen LogP contribution in [0.4, 0.5) is 0 Å². The van der Waals surface area contributed by atoms with Gasteiger partial charge in [0.2, 0.25) is 0 Å². The summed E-state index contributed by atoms with van der Waals surface area (Å²) in [5.74, 6) is 2.73. The highest BCUT2D eigenvalue weighted by Crippen LogP contribution is 2.36. The molecule has 0 amide bonds. The van der Waals surface area contributed by atoms with Crippen molar-refractivity contribution >= 4 is 29.7 Å². The minimum atomic E-state index is -2.66. The molecule has 3 nitrogen and oxygen atoms in total. The largest absolute Gasteiger partial charge is 0.405 e. The van der Waals surface area contributed by atoms with E-state index in [0.29, 0.717) is 6.61 Å². The first-order valence-corrected chi connectivity index (χ1v) is 13.0. The Labute approximate surface area is 180 Å². The average Bonchev–Trinajstić information content (AvgIpc) is 2.67. The number of hydrogen-bond donors (Lipinski definition) is 1. The summed E-state index contributed by atoms with van der Waals surface area (Å²) in [6.45, 7) is 12.7. The van der Waals surface area contributed by atoms with E-state index in [2.05, 4.69) is 79.9 Å². The number of nitrogens with one attached hydrogen (secondary N) is 1. The fourth-order valence-electron chi connectivity index (χ4n) is 3.39. The molecular formula is C24H33NO2SSi. The van der Waals surface area contributed by atoms with Crippen LogP contribution < -0.4 is 15.1 Å². The summed E-state index contributed by atoms with van der Waals surface area (Å²) in [6, 6.07) is 20.4. The Morgan fingerprint density at radius 2 is 1.41 bits per heavy atom. The van der Waals surface area contributed by atoms with E-state index in [0.717, 1.165) is 0 Å². The summed E-state index contributed by atoms with van der Waals surface area (Å²) in [5, 5.41) is 2.27. The van der Waals surface area contributed by atoms with Gasteiger partial charge in [0.05, 0.1) is 22.3 Å². The summed E-state index contributed by atoms with van der Waals surface area (Å²) < 4.78 is 22.1. The number of hydrogen-bond acceptors (Lipinski definition) is 2. The first-order valence-electron chi connectivity index (χ1n) is 9.91. The number of rotatable bonds is 7. The van der Waals surface area contributed by atoms with Crippen molar-refractivity contribution in [3.05, 3.63) is 60.7 Å². The lowest BCUT2D eigenvalue weighted by Gasteiger charge is -2.43. The third kappa shape index (κ3) is 5.46. The summed E-state index contributed by atoms with van der Waals surface area (Å²) in [7, 11) is -3.92. The van der Waals surface area contributed by atoms with Crippen LogP contribution in [0.1, 0.15) is 41.5 Å². The van der Waals surface area contributed by atoms with Gasteiger partial charge in [0.1, 0.15) is 6.04 Å². The van der Waals surface area contributed by atoms with Gasteiger partial charge in [0, 0.05) is 0 Å². The highest BCUT2D eigenvalue weighted by molar-refractivity contribution is 7.84. The second kappa shape index (κ2) is 9.40. The first kappa shape index (κ1) is 23.6. The van der Waals surface area contributed by atoms with Crippen LogP contribution in [0.5, 0.6) is 0 Å². The molecule has 0 radical (unpaired) electrons. The molecule has 0 heterocycles. The third-order valence-corrected chi connectivity index (χ3v) is 11.5. The molecule has 0 bridgehead atoms. The predicted molar refractivity (Wildman–Crippen MR) is 127 cm³/mol. The quantitative estimate of drug-likeness (QED) is 0.541. The minimum Gasteiger partial charge on any atom is -0.405 e. The van der Waals surface area contributed by atoms with Crippen molar-refractivity contribution < 1.29 is 8.63 Å². The van der Waals surface area contributed by atoms with Gasteiger partial charge in [0.25, 0.3) is 8.32 Å².